The van der Waals surface area contributed by atoms with Crippen molar-refractivity contribution in [2.45, 2.75) is 25.9 Å². The fraction of sp³-hybridized carbons (Fsp3) is 0.292. The topological polar surface area (TPSA) is 82.9 Å². The second-order valence-electron chi connectivity index (χ2n) is 7.92. The van der Waals surface area contributed by atoms with Gasteiger partial charge in [-0.3, -0.25) is 14.4 Å². The van der Waals surface area contributed by atoms with Crippen molar-refractivity contribution in [3.8, 4) is 0 Å². The van der Waals surface area contributed by atoms with E-state index < -0.39 is 12.0 Å². The summed E-state index contributed by atoms with van der Waals surface area (Å²) in [6.45, 7) is 2.16. The Hall–Kier alpha value is -3.39. The molecular formula is C24H25N3O4S. The highest BCUT2D eigenvalue weighted by Crippen LogP contribution is 2.43. The lowest BCUT2D eigenvalue weighted by Gasteiger charge is -2.29. The van der Waals surface area contributed by atoms with Crippen molar-refractivity contribution in [3.63, 3.8) is 0 Å². The molecule has 0 saturated carbocycles. The summed E-state index contributed by atoms with van der Waals surface area (Å²) >= 11 is 1.52. The number of hydrogen-bond acceptors (Lipinski definition) is 5. The predicted molar refractivity (Wildman–Crippen MR) is 122 cm³/mol. The van der Waals surface area contributed by atoms with E-state index in [9.17, 15) is 14.4 Å². The normalized spacial score (nSPS) is 18.1. The van der Waals surface area contributed by atoms with Crippen molar-refractivity contribution in [1.29, 1.82) is 0 Å². The Balaban J connectivity index is 1.50. The molecule has 8 heteroatoms. The summed E-state index contributed by atoms with van der Waals surface area (Å²) in [6.07, 6.45) is 1.65. The summed E-state index contributed by atoms with van der Waals surface area (Å²) in [7, 11) is 1.60. The van der Waals surface area contributed by atoms with Crippen LogP contribution in [0.5, 0.6) is 0 Å². The molecule has 1 N–H and O–H groups in total. The number of amides is 3. The number of nitrogens with zero attached hydrogens (tertiary/aromatic N) is 2. The number of furan rings is 1. The fourth-order valence-electron chi connectivity index (χ4n) is 3.98. The number of benzene rings is 1. The van der Waals surface area contributed by atoms with Crippen molar-refractivity contribution >= 4 is 34.7 Å². The van der Waals surface area contributed by atoms with Crippen LogP contribution in [0.4, 0.5) is 5.69 Å². The van der Waals surface area contributed by atoms with E-state index in [0.29, 0.717) is 5.76 Å². The van der Waals surface area contributed by atoms with E-state index in [1.54, 1.807) is 30.3 Å². The average molecular weight is 452 g/mol. The van der Waals surface area contributed by atoms with Gasteiger partial charge in [-0.25, -0.2) is 0 Å². The van der Waals surface area contributed by atoms with Crippen molar-refractivity contribution in [3.05, 3.63) is 76.4 Å². The molecule has 7 nitrogen and oxygen atoms in total. The number of anilines is 1. The average Bonchev–Trinajstić information content (AvgIpc) is 3.53. The van der Waals surface area contributed by atoms with Gasteiger partial charge < -0.3 is 19.5 Å². The molecule has 0 unspecified atom stereocenters. The van der Waals surface area contributed by atoms with Gasteiger partial charge in [0, 0.05) is 24.0 Å². The second kappa shape index (κ2) is 9.40. The summed E-state index contributed by atoms with van der Waals surface area (Å²) in [5.41, 5.74) is 1.87. The Bertz CT molecular complexity index is 1080. The molecule has 0 bridgehead atoms. The maximum absolute atomic E-state index is 13.3. The Labute approximate surface area is 190 Å². The number of aryl methyl sites for hydroxylation is 1. The van der Waals surface area contributed by atoms with Gasteiger partial charge in [-0.15, -0.1) is 11.3 Å². The quantitative estimate of drug-likeness (QED) is 0.596. The summed E-state index contributed by atoms with van der Waals surface area (Å²) in [5.74, 6) is -0.532. The summed E-state index contributed by atoms with van der Waals surface area (Å²) in [6, 6.07) is 14.7. The molecule has 1 saturated heterocycles. The highest BCUT2D eigenvalue weighted by molar-refractivity contribution is 7.10. The van der Waals surface area contributed by atoms with E-state index in [1.165, 1.54) is 16.2 Å². The number of carbonyl (C=O) groups is 3. The van der Waals surface area contributed by atoms with Gasteiger partial charge >= 0.3 is 0 Å². The van der Waals surface area contributed by atoms with Crippen molar-refractivity contribution in [2.75, 3.05) is 18.5 Å². The minimum atomic E-state index is -0.565. The molecule has 1 aliphatic rings. The number of rotatable bonds is 7. The first-order chi connectivity index (χ1) is 15.4. The molecule has 2 atom stereocenters. The molecular weight excluding hydrogens is 426 g/mol. The minimum absolute atomic E-state index is 0.0913. The van der Waals surface area contributed by atoms with Gasteiger partial charge in [0.1, 0.15) is 5.76 Å². The van der Waals surface area contributed by atoms with Gasteiger partial charge in [0.25, 0.3) is 0 Å². The van der Waals surface area contributed by atoms with Gasteiger partial charge in [-0.05, 0) is 42.6 Å². The number of hydrogen-bond donors (Lipinski definition) is 1. The van der Waals surface area contributed by atoms with Crippen molar-refractivity contribution in [2.24, 2.45) is 5.92 Å². The Morgan fingerprint density at radius 3 is 2.62 bits per heavy atom. The first-order valence-corrected chi connectivity index (χ1v) is 11.3. The maximum atomic E-state index is 13.3. The summed E-state index contributed by atoms with van der Waals surface area (Å²) in [4.78, 5) is 42.8. The lowest BCUT2D eigenvalue weighted by Crippen LogP contribution is -2.42. The smallest absolute Gasteiger partial charge is 0.239 e. The lowest BCUT2D eigenvalue weighted by atomic mass is 9.97. The zero-order valence-electron chi connectivity index (χ0n) is 18.0. The third-order valence-electron chi connectivity index (χ3n) is 5.58. The first-order valence-electron chi connectivity index (χ1n) is 10.4. The molecule has 3 heterocycles. The molecule has 166 valence electrons. The molecule has 1 aromatic carbocycles. The van der Waals surface area contributed by atoms with Gasteiger partial charge in [0.2, 0.25) is 17.7 Å². The molecule has 3 aromatic rings. The summed E-state index contributed by atoms with van der Waals surface area (Å²) in [5, 5.41) is 4.69. The van der Waals surface area contributed by atoms with Crippen LogP contribution >= 0.6 is 11.3 Å². The predicted octanol–water partition coefficient (Wildman–Crippen LogP) is 3.52. The van der Waals surface area contributed by atoms with Crippen molar-refractivity contribution < 1.29 is 18.8 Å². The Kier molecular flexibility index (Phi) is 6.41. The van der Waals surface area contributed by atoms with Crippen LogP contribution < -0.4 is 10.2 Å². The summed E-state index contributed by atoms with van der Waals surface area (Å²) < 4.78 is 5.21. The molecule has 0 aliphatic carbocycles. The van der Waals surface area contributed by atoms with E-state index in [-0.39, 0.29) is 37.2 Å². The molecule has 32 heavy (non-hydrogen) atoms. The van der Waals surface area contributed by atoms with Gasteiger partial charge in [0.15, 0.2) is 0 Å². The van der Waals surface area contributed by atoms with E-state index in [4.69, 9.17) is 4.42 Å². The standard InChI is InChI=1S/C24H25N3O4S/c1-16-7-9-17(10-8-16)27-22(29)13-19(23(27)20-6-4-12-32-20)24(30)26(2)15-21(28)25-14-18-5-3-11-31-18/h3-12,19,23H,13-15H2,1-2H3,(H,25,28)/t19-,23+/m1/s1. The largest absolute Gasteiger partial charge is 0.467 e. The SMILES string of the molecule is Cc1ccc(N2C(=O)C[C@@H](C(=O)N(C)CC(=O)NCc3ccco3)[C@H]2c2cccs2)cc1. The molecule has 1 fully saturated rings. The number of likely N-dealkylation sites (N-methyl/N-ethyl adjacent to an activating group) is 1. The highest BCUT2D eigenvalue weighted by atomic mass is 32.1. The van der Waals surface area contributed by atoms with Gasteiger partial charge in [-0.2, -0.15) is 0 Å². The highest BCUT2D eigenvalue weighted by Gasteiger charge is 2.46. The Morgan fingerprint density at radius 1 is 1.19 bits per heavy atom. The van der Waals surface area contributed by atoms with E-state index in [0.717, 1.165) is 16.1 Å². The minimum Gasteiger partial charge on any atom is -0.467 e. The lowest BCUT2D eigenvalue weighted by molar-refractivity contribution is -0.138. The molecule has 0 radical (unpaired) electrons. The third kappa shape index (κ3) is 4.60. The van der Waals surface area contributed by atoms with Gasteiger partial charge in [0.05, 0.1) is 31.3 Å². The van der Waals surface area contributed by atoms with Gasteiger partial charge in [-0.1, -0.05) is 23.8 Å². The van der Waals surface area contributed by atoms with E-state index >= 15 is 0 Å². The van der Waals surface area contributed by atoms with Crippen LogP contribution in [-0.2, 0) is 20.9 Å². The van der Waals surface area contributed by atoms with Crippen LogP contribution in [0.25, 0.3) is 0 Å². The second-order valence-corrected chi connectivity index (χ2v) is 8.90. The molecule has 3 amide bonds. The van der Waals surface area contributed by atoms with E-state index in [2.05, 4.69) is 5.32 Å². The molecule has 0 spiro atoms. The van der Waals surface area contributed by atoms with Crippen LogP contribution in [0.1, 0.15) is 28.7 Å². The van der Waals surface area contributed by atoms with Crippen LogP contribution in [0, 0.1) is 12.8 Å². The maximum Gasteiger partial charge on any atom is 0.239 e. The number of thiophene rings is 1. The Morgan fingerprint density at radius 2 is 1.97 bits per heavy atom. The third-order valence-corrected chi connectivity index (χ3v) is 6.53. The first kappa shape index (κ1) is 21.8. The zero-order valence-corrected chi connectivity index (χ0v) is 18.8. The number of nitrogens with one attached hydrogen (secondary N) is 1. The monoisotopic (exact) mass is 451 g/mol. The van der Waals surface area contributed by atoms with Crippen LogP contribution in [0.15, 0.2) is 64.6 Å². The van der Waals surface area contributed by atoms with Crippen LogP contribution in [-0.4, -0.2) is 36.2 Å². The van der Waals surface area contributed by atoms with Crippen LogP contribution in [0.2, 0.25) is 0 Å². The molecule has 4 rings (SSSR count). The van der Waals surface area contributed by atoms with E-state index in [1.807, 2.05) is 48.7 Å². The number of carbonyl (C=O) groups excluding carboxylic acids is 3. The zero-order chi connectivity index (χ0) is 22.7. The fourth-order valence-corrected chi connectivity index (χ4v) is 4.86. The molecule has 1 aliphatic heterocycles. The van der Waals surface area contributed by atoms with Crippen molar-refractivity contribution in [1.82, 2.24) is 10.2 Å². The molecule has 2 aromatic heterocycles. The van der Waals surface area contributed by atoms with Crippen LogP contribution in [0.3, 0.4) is 0 Å².